The summed E-state index contributed by atoms with van der Waals surface area (Å²) in [6.45, 7) is 0.0484. The quantitative estimate of drug-likeness (QED) is 0.533. The van der Waals surface area contributed by atoms with Gasteiger partial charge < -0.3 is 5.73 Å². The first-order chi connectivity index (χ1) is 11.5. The molecule has 2 rings (SSSR count). The molecule has 0 atom stereocenters. The molecule has 2 aromatic carbocycles. The van der Waals surface area contributed by atoms with Gasteiger partial charge in [0.15, 0.2) is 0 Å². The monoisotopic (exact) mass is 456 g/mol. The highest BCUT2D eigenvalue weighted by Crippen LogP contribution is 2.19. The summed E-state index contributed by atoms with van der Waals surface area (Å²) in [5, 5.41) is 0.515. The molecule has 0 aliphatic rings. The summed E-state index contributed by atoms with van der Waals surface area (Å²) in [5.41, 5.74) is 6.59. The van der Waals surface area contributed by atoms with Crippen molar-refractivity contribution >= 4 is 43.7 Å². The molecule has 0 saturated carbocycles. The van der Waals surface area contributed by atoms with Gasteiger partial charge in [-0.25, -0.2) is 9.68 Å². The second-order valence-corrected chi connectivity index (χ2v) is 6.36. The molecule has 0 spiro atoms. The molecule has 6 nitrogen and oxygen atoms in total. The van der Waals surface area contributed by atoms with Gasteiger partial charge in [-0.3, -0.25) is 9.59 Å². The van der Waals surface area contributed by atoms with Gasteiger partial charge in [-0.05, 0) is 23.3 Å². The van der Waals surface area contributed by atoms with Crippen molar-refractivity contribution in [1.82, 2.24) is 5.23 Å². The van der Waals surface area contributed by atoms with Gasteiger partial charge in [-0.1, -0.05) is 73.5 Å². The zero-order chi connectivity index (χ0) is 17.5. The topological polar surface area (TPSA) is 81.9 Å². The van der Waals surface area contributed by atoms with Crippen LogP contribution in [0.2, 0.25) is 0 Å². The zero-order valence-corrected chi connectivity index (χ0v) is 15.6. The average molecular weight is 458 g/mol. The Morgan fingerprint density at radius 3 is 1.67 bits per heavy atom. The van der Waals surface area contributed by atoms with Crippen molar-refractivity contribution in [3.63, 3.8) is 0 Å². The van der Waals surface area contributed by atoms with Crippen molar-refractivity contribution < 1.29 is 19.3 Å². The maximum absolute atomic E-state index is 11.8. The standard InChI is InChI=1S/C16H14Br2N2O4/c17-13-7-3-1-5-11(13)9-23-20(16(22)15(19)21)24-10-12-6-2-4-8-14(12)18/h1-8H,9-10H2,(H2,19,21). The van der Waals surface area contributed by atoms with Gasteiger partial charge in [0.25, 0.3) is 0 Å². The van der Waals surface area contributed by atoms with Gasteiger partial charge in [0.1, 0.15) is 13.2 Å². The molecule has 2 N–H and O–H groups in total. The number of carbonyl (C=O) groups excluding carboxylic acids is 2. The molecule has 0 heterocycles. The van der Waals surface area contributed by atoms with Crippen LogP contribution in [0.25, 0.3) is 0 Å². The normalized spacial score (nSPS) is 10.4. The lowest BCUT2D eigenvalue weighted by Gasteiger charge is -2.20. The summed E-state index contributed by atoms with van der Waals surface area (Å²) >= 11 is 6.75. The number of hydrogen-bond donors (Lipinski definition) is 1. The first-order valence-corrected chi connectivity index (χ1v) is 8.44. The van der Waals surface area contributed by atoms with Gasteiger partial charge in [-0.15, -0.1) is 0 Å². The van der Waals surface area contributed by atoms with Gasteiger partial charge >= 0.3 is 11.8 Å². The van der Waals surface area contributed by atoms with Crippen molar-refractivity contribution in [3.8, 4) is 0 Å². The number of primary amides is 1. The van der Waals surface area contributed by atoms with E-state index in [0.717, 1.165) is 20.1 Å². The molecule has 0 aliphatic carbocycles. The number of hydrogen-bond acceptors (Lipinski definition) is 4. The third-order valence-corrected chi connectivity index (χ3v) is 4.51. The Morgan fingerprint density at radius 1 is 0.875 bits per heavy atom. The molecule has 0 aliphatic heterocycles. The minimum absolute atomic E-state index is 0.0242. The highest BCUT2D eigenvalue weighted by molar-refractivity contribution is 9.10. The number of carbonyl (C=O) groups is 2. The van der Waals surface area contributed by atoms with Gasteiger partial charge in [-0.2, -0.15) is 0 Å². The minimum atomic E-state index is -1.17. The maximum Gasteiger partial charge on any atom is 0.361 e. The lowest BCUT2D eigenvalue weighted by Crippen LogP contribution is -2.40. The molecule has 0 fully saturated rings. The lowest BCUT2D eigenvalue weighted by molar-refractivity contribution is -0.350. The van der Waals surface area contributed by atoms with E-state index in [1.165, 1.54) is 0 Å². The fraction of sp³-hybridized carbons (Fsp3) is 0.125. The SMILES string of the molecule is NC(=O)C(=O)N(OCc1ccccc1Br)OCc1ccccc1Br. The molecular formula is C16H14Br2N2O4. The van der Waals surface area contributed by atoms with E-state index in [0.29, 0.717) is 5.23 Å². The summed E-state index contributed by atoms with van der Waals surface area (Å²) in [6.07, 6.45) is 0. The van der Waals surface area contributed by atoms with Crippen LogP contribution in [0.15, 0.2) is 57.5 Å². The first-order valence-electron chi connectivity index (χ1n) is 6.85. The molecule has 8 heteroatoms. The molecule has 126 valence electrons. The Kier molecular flexibility index (Phi) is 6.92. The van der Waals surface area contributed by atoms with Crippen LogP contribution in [0.5, 0.6) is 0 Å². The maximum atomic E-state index is 11.8. The predicted molar refractivity (Wildman–Crippen MR) is 93.9 cm³/mol. The van der Waals surface area contributed by atoms with Crippen LogP contribution in [-0.2, 0) is 32.5 Å². The van der Waals surface area contributed by atoms with Crippen LogP contribution in [0.1, 0.15) is 11.1 Å². The number of benzene rings is 2. The molecule has 0 saturated heterocycles. The van der Waals surface area contributed by atoms with E-state index in [4.69, 9.17) is 15.4 Å². The number of hydroxylamine groups is 2. The minimum Gasteiger partial charge on any atom is -0.361 e. The summed E-state index contributed by atoms with van der Waals surface area (Å²) in [4.78, 5) is 33.6. The third-order valence-electron chi connectivity index (χ3n) is 2.97. The van der Waals surface area contributed by atoms with Crippen molar-refractivity contribution in [2.24, 2.45) is 5.73 Å². The van der Waals surface area contributed by atoms with Crippen molar-refractivity contribution in [2.45, 2.75) is 13.2 Å². The second-order valence-electron chi connectivity index (χ2n) is 4.66. The summed E-state index contributed by atoms with van der Waals surface area (Å²) < 4.78 is 1.62. The summed E-state index contributed by atoms with van der Waals surface area (Å²) in [5.74, 6) is -2.26. The molecule has 0 bridgehead atoms. The van der Waals surface area contributed by atoms with Crippen molar-refractivity contribution in [3.05, 3.63) is 68.6 Å². The van der Waals surface area contributed by atoms with Crippen molar-refractivity contribution in [1.29, 1.82) is 0 Å². The van der Waals surface area contributed by atoms with E-state index in [2.05, 4.69) is 31.9 Å². The van der Waals surface area contributed by atoms with Crippen LogP contribution in [0.4, 0.5) is 0 Å². The first kappa shape index (κ1) is 18.6. The summed E-state index contributed by atoms with van der Waals surface area (Å²) in [6, 6.07) is 14.6. The number of halogens is 2. The predicted octanol–water partition coefficient (Wildman–Crippen LogP) is 3.09. The average Bonchev–Trinajstić information content (AvgIpc) is 2.57. The van der Waals surface area contributed by atoms with Crippen molar-refractivity contribution in [2.75, 3.05) is 0 Å². The highest BCUT2D eigenvalue weighted by Gasteiger charge is 2.22. The highest BCUT2D eigenvalue weighted by atomic mass is 79.9. The smallest absolute Gasteiger partial charge is 0.361 e. The number of nitrogens with two attached hydrogens (primary N) is 1. The van der Waals surface area contributed by atoms with E-state index in [-0.39, 0.29) is 13.2 Å². The number of amides is 2. The molecule has 2 aromatic rings. The van der Waals surface area contributed by atoms with Crippen LogP contribution < -0.4 is 5.73 Å². The third kappa shape index (κ3) is 5.13. The Balaban J connectivity index is 2.05. The molecule has 24 heavy (non-hydrogen) atoms. The fourth-order valence-electron chi connectivity index (χ4n) is 1.73. The van der Waals surface area contributed by atoms with Gasteiger partial charge in [0.05, 0.1) is 0 Å². The molecule has 0 aromatic heterocycles. The largest absolute Gasteiger partial charge is 0.361 e. The molecule has 0 radical (unpaired) electrons. The number of nitrogens with zero attached hydrogens (tertiary/aromatic N) is 1. The Morgan fingerprint density at radius 2 is 1.29 bits per heavy atom. The van der Waals surface area contributed by atoms with Gasteiger partial charge in [0.2, 0.25) is 0 Å². The molecule has 2 amide bonds. The van der Waals surface area contributed by atoms with E-state index >= 15 is 0 Å². The van der Waals surface area contributed by atoms with Crippen LogP contribution in [-0.4, -0.2) is 17.0 Å². The second kappa shape index (κ2) is 8.93. The molecular weight excluding hydrogens is 444 g/mol. The Bertz CT molecular complexity index is 690. The lowest BCUT2D eigenvalue weighted by atomic mass is 10.2. The van der Waals surface area contributed by atoms with E-state index in [9.17, 15) is 9.59 Å². The van der Waals surface area contributed by atoms with E-state index in [1.807, 2.05) is 48.5 Å². The van der Waals surface area contributed by atoms with Crippen LogP contribution in [0.3, 0.4) is 0 Å². The van der Waals surface area contributed by atoms with E-state index < -0.39 is 11.8 Å². The van der Waals surface area contributed by atoms with Crippen LogP contribution in [0, 0.1) is 0 Å². The number of rotatable bonds is 6. The van der Waals surface area contributed by atoms with Gasteiger partial charge in [0, 0.05) is 8.95 Å². The fourth-order valence-corrected chi connectivity index (χ4v) is 2.53. The molecule has 0 unspecified atom stereocenters. The van der Waals surface area contributed by atoms with Crippen LogP contribution >= 0.6 is 31.9 Å². The Labute approximate surface area is 155 Å². The Hall–Kier alpha value is -1.74. The van der Waals surface area contributed by atoms with E-state index in [1.54, 1.807) is 0 Å². The summed E-state index contributed by atoms with van der Waals surface area (Å²) in [7, 11) is 0. The zero-order valence-electron chi connectivity index (χ0n) is 12.4.